The molecule has 0 saturated heterocycles. The lowest BCUT2D eigenvalue weighted by Crippen LogP contribution is -2.12. The molecule has 1 atom stereocenters. The van der Waals surface area contributed by atoms with Crippen LogP contribution in [0.1, 0.15) is 11.4 Å². The summed E-state index contributed by atoms with van der Waals surface area (Å²) >= 11 is 5.02. The number of rotatable bonds is 5. The summed E-state index contributed by atoms with van der Waals surface area (Å²) in [5, 5.41) is 1.14. The molecule has 0 aliphatic heterocycles. The number of fused-ring (bicyclic) bond motifs is 1. The predicted octanol–water partition coefficient (Wildman–Crippen LogP) is 4.15. The highest BCUT2D eigenvalue weighted by Gasteiger charge is 2.10. The van der Waals surface area contributed by atoms with Crippen LogP contribution in [0.25, 0.3) is 10.2 Å². The van der Waals surface area contributed by atoms with Gasteiger partial charge >= 0.3 is 0 Å². The summed E-state index contributed by atoms with van der Waals surface area (Å²) in [6, 6.07) is 8.23. The summed E-state index contributed by atoms with van der Waals surface area (Å²) in [7, 11) is 1.75. The maximum Gasteiger partial charge on any atom is 0.0964 e. The molecule has 0 saturated carbocycles. The Kier molecular flexibility index (Phi) is 4.71. The Labute approximate surface area is 113 Å². The number of thiazole rings is 1. The Balaban J connectivity index is 2.11. The van der Waals surface area contributed by atoms with Crippen molar-refractivity contribution in [3.63, 3.8) is 0 Å². The quantitative estimate of drug-likeness (QED) is 0.827. The van der Waals surface area contributed by atoms with Crippen molar-refractivity contribution < 1.29 is 4.74 Å². The van der Waals surface area contributed by atoms with E-state index in [1.54, 1.807) is 18.4 Å². The number of aromatic nitrogens is 1. The number of hydrogen-bond acceptors (Lipinski definition) is 3. The highest BCUT2D eigenvalue weighted by molar-refractivity contribution is 9.11. The van der Waals surface area contributed by atoms with E-state index < -0.39 is 0 Å². The van der Waals surface area contributed by atoms with Crippen molar-refractivity contribution in [3.8, 4) is 0 Å². The van der Waals surface area contributed by atoms with Crippen molar-refractivity contribution >= 4 is 37.5 Å². The van der Waals surface area contributed by atoms with E-state index in [2.05, 4.69) is 39.1 Å². The van der Waals surface area contributed by atoms with Crippen molar-refractivity contribution in [2.75, 3.05) is 7.11 Å². The lowest BCUT2D eigenvalue weighted by atomic mass is 10.2. The maximum absolute atomic E-state index is 5.45. The molecule has 0 bridgehead atoms. The number of ether oxygens (including phenoxy) is 1. The Bertz CT molecular complexity index is 476. The third-order valence-electron chi connectivity index (χ3n) is 2.56. The molecule has 0 amide bonds. The van der Waals surface area contributed by atoms with Gasteiger partial charge in [-0.2, -0.15) is 0 Å². The van der Waals surface area contributed by atoms with Gasteiger partial charge in [0.25, 0.3) is 0 Å². The fourth-order valence-corrected chi connectivity index (χ4v) is 2.92. The Morgan fingerprint density at radius 3 is 3.00 bits per heavy atom. The van der Waals surface area contributed by atoms with Crippen LogP contribution in [-0.2, 0) is 11.2 Å². The summed E-state index contributed by atoms with van der Waals surface area (Å²) in [6.45, 7) is 0. The number of para-hydroxylation sites is 1. The Morgan fingerprint density at radius 1 is 1.47 bits per heavy atom. The molecule has 0 spiro atoms. The molecule has 1 aromatic heterocycles. The summed E-state index contributed by atoms with van der Waals surface area (Å²) in [4.78, 5) is 6.48. The average Bonchev–Trinajstić information content (AvgIpc) is 2.76. The molecule has 4 heteroatoms. The molecule has 0 aliphatic rings. The molecule has 2 nitrogen and oxygen atoms in total. The van der Waals surface area contributed by atoms with E-state index in [0.29, 0.717) is 0 Å². The van der Waals surface area contributed by atoms with Crippen LogP contribution >= 0.6 is 27.3 Å². The van der Waals surface area contributed by atoms with Gasteiger partial charge < -0.3 is 4.74 Å². The standard InChI is InChI=1S/C13H14BrNOS/c1-16-10(5-4-8-14)9-13-15-11-6-2-3-7-12(11)17-13/h2-4,6-8,10H,5,9H2,1H3/b8-4+/t10-/m1/s1. The van der Waals surface area contributed by atoms with Gasteiger partial charge in [0.2, 0.25) is 0 Å². The number of methoxy groups -OCH3 is 1. The molecule has 0 fully saturated rings. The zero-order valence-corrected chi connectivity index (χ0v) is 12.0. The molecular weight excluding hydrogens is 298 g/mol. The monoisotopic (exact) mass is 311 g/mol. The van der Waals surface area contributed by atoms with Crippen molar-refractivity contribution in [2.24, 2.45) is 0 Å². The lowest BCUT2D eigenvalue weighted by Gasteiger charge is -2.10. The van der Waals surface area contributed by atoms with E-state index in [1.165, 1.54) is 4.70 Å². The van der Waals surface area contributed by atoms with E-state index in [4.69, 9.17) is 4.74 Å². The molecule has 90 valence electrons. The zero-order chi connectivity index (χ0) is 12.1. The molecule has 0 radical (unpaired) electrons. The van der Waals surface area contributed by atoms with Crippen LogP contribution in [0.15, 0.2) is 35.3 Å². The van der Waals surface area contributed by atoms with Crippen LogP contribution in [0, 0.1) is 0 Å². The first-order valence-electron chi connectivity index (χ1n) is 5.46. The molecule has 0 unspecified atom stereocenters. The molecule has 2 rings (SSSR count). The Morgan fingerprint density at radius 2 is 2.29 bits per heavy atom. The minimum atomic E-state index is 0.198. The maximum atomic E-state index is 5.45. The summed E-state index contributed by atoms with van der Waals surface area (Å²) in [5.74, 6) is 0. The van der Waals surface area contributed by atoms with Gasteiger partial charge in [-0.05, 0) is 23.5 Å². The predicted molar refractivity (Wildman–Crippen MR) is 76.8 cm³/mol. The first kappa shape index (κ1) is 12.7. The number of benzene rings is 1. The first-order valence-corrected chi connectivity index (χ1v) is 7.19. The fraction of sp³-hybridized carbons (Fsp3) is 0.308. The second-order valence-corrected chi connectivity index (χ2v) is 5.38. The van der Waals surface area contributed by atoms with E-state index in [9.17, 15) is 0 Å². The molecule has 17 heavy (non-hydrogen) atoms. The number of nitrogens with zero attached hydrogens (tertiary/aromatic N) is 1. The van der Waals surface area contributed by atoms with E-state index in [0.717, 1.165) is 23.4 Å². The third kappa shape index (κ3) is 3.37. The summed E-state index contributed by atoms with van der Waals surface area (Å²) < 4.78 is 6.69. The smallest absolute Gasteiger partial charge is 0.0964 e. The van der Waals surface area contributed by atoms with E-state index in [-0.39, 0.29) is 6.10 Å². The highest BCUT2D eigenvalue weighted by atomic mass is 79.9. The Hall–Kier alpha value is -0.710. The fourth-order valence-electron chi connectivity index (χ4n) is 1.67. The van der Waals surface area contributed by atoms with Gasteiger partial charge in [-0.1, -0.05) is 34.1 Å². The van der Waals surface area contributed by atoms with Gasteiger partial charge in [0.15, 0.2) is 0 Å². The lowest BCUT2D eigenvalue weighted by molar-refractivity contribution is 0.105. The van der Waals surface area contributed by atoms with Crippen LogP contribution in [0.2, 0.25) is 0 Å². The zero-order valence-electron chi connectivity index (χ0n) is 9.60. The molecule has 2 aromatic rings. The van der Waals surface area contributed by atoms with Crippen LogP contribution in [0.4, 0.5) is 0 Å². The minimum absolute atomic E-state index is 0.198. The normalized spacial score (nSPS) is 13.5. The number of halogens is 1. The van der Waals surface area contributed by atoms with Crippen LogP contribution in [0.3, 0.4) is 0 Å². The second-order valence-electron chi connectivity index (χ2n) is 3.73. The molecular formula is C13H14BrNOS. The largest absolute Gasteiger partial charge is 0.381 e. The van der Waals surface area contributed by atoms with Crippen molar-refractivity contribution in [1.29, 1.82) is 0 Å². The topological polar surface area (TPSA) is 22.1 Å². The third-order valence-corrected chi connectivity index (χ3v) is 3.99. The van der Waals surface area contributed by atoms with Crippen LogP contribution < -0.4 is 0 Å². The van der Waals surface area contributed by atoms with E-state index >= 15 is 0 Å². The highest BCUT2D eigenvalue weighted by Crippen LogP contribution is 2.23. The molecule has 1 heterocycles. The van der Waals surface area contributed by atoms with Gasteiger partial charge in [0.05, 0.1) is 21.3 Å². The van der Waals surface area contributed by atoms with Gasteiger partial charge in [-0.3, -0.25) is 0 Å². The average molecular weight is 312 g/mol. The molecule has 0 N–H and O–H groups in total. The summed E-state index contributed by atoms with van der Waals surface area (Å²) in [6.07, 6.45) is 4.02. The van der Waals surface area contributed by atoms with Crippen LogP contribution in [0.5, 0.6) is 0 Å². The van der Waals surface area contributed by atoms with Gasteiger partial charge in [-0.15, -0.1) is 11.3 Å². The molecule has 1 aromatic carbocycles. The minimum Gasteiger partial charge on any atom is -0.381 e. The molecule has 0 aliphatic carbocycles. The van der Waals surface area contributed by atoms with Gasteiger partial charge in [-0.25, -0.2) is 4.98 Å². The second kappa shape index (κ2) is 6.28. The van der Waals surface area contributed by atoms with E-state index in [1.807, 2.05) is 17.1 Å². The van der Waals surface area contributed by atoms with Crippen LogP contribution in [-0.4, -0.2) is 18.2 Å². The van der Waals surface area contributed by atoms with Crippen molar-refractivity contribution in [1.82, 2.24) is 4.98 Å². The summed E-state index contributed by atoms with van der Waals surface area (Å²) in [5.41, 5.74) is 1.08. The van der Waals surface area contributed by atoms with Gasteiger partial charge in [0.1, 0.15) is 0 Å². The SMILES string of the molecule is CO[C@H](C/C=C/Br)Cc1nc2ccccc2s1. The van der Waals surface area contributed by atoms with Crippen molar-refractivity contribution in [2.45, 2.75) is 18.9 Å². The number of hydrogen-bond donors (Lipinski definition) is 0. The first-order chi connectivity index (χ1) is 8.33. The van der Waals surface area contributed by atoms with Crippen molar-refractivity contribution in [3.05, 3.63) is 40.3 Å². The van der Waals surface area contributed by atoms with Gasteiger partial charge in [0, 0.05) is 13.5 Å².